The standard InChI is InChI=1S/C13H15N3O4S/c1-15(13(17)21(2,18)19)9-3-4-11-10(7-9)14-12-8-20-6-5-16(11)12/h3-4,7H,5-6,8H2,1-2H3. The normalized spacial score (nSPS) is 15.0. The largest absolute Gasteiger partial charge is 0.372 e. The maximum atomic E-state index is 11.8. The van der Waals surface area contributed by atoms with Gasteiger partial charge < -0.3 is 14.2 Å². The van der Waals surface area contributed by atoms with Crippen LogP contribution in [0.4, 0.5) is 10.5 Å². The van der Waals surface area contributed by atoms with Crippen molar-refractivity contribution in [2.24, 2.45) is 0 Å². The molecule has 1 amide bonds. The van der Waals surface area contributed by atoms with Crippen LogP contribution in [0.3, 0.4) is 0 Å². The Morgan fingerprint density at radius 1 is 1.43 bits per heavy atom. The van der Waals surface area contributed by atoms with Gasteiger partial charge in [0.25, 0.3) is 0 Å². The highest BCUT2D eigenvalue weighted by Gasteiger charge is 2.23. The van der Waals surface area contributed by atoms with E-state index in [9.17, 15) is 13.2 Å². The summed E-state index contributed by atoms with van der Waals surface area (Å²) in [4.78, 5) is 17.4. The Labute approximate surface area is 122 Å². The van der Waals surface area contributed by atoms with Crippen molar-refractivity contribution in [1.29, 1.82) is 0 Å². The second-order valence-electron chi connectivity index (χ2n) is 5.00. The molecule has 0 bridgehead atoms. The van der Waals surface area contributed by atoms with Crippen LogP contribution < -0.4 is 4.90 Å². The van der Waals surface area contributed by atoms with Crippen LogP contribution in [0.25, 0.3) is 11.0 Å². The molecule has 0 saturated carbocycles. The monoisotopic (exact) mass is 309 g/mol. The minimum atomic E-state index is -3.76. The number of amides is 1. The van der Waals surface area contributed by atoms with Crippen LogP contribution in [0.1, 0.15) is 5.82 Å². The number of fused-ring (bicyclic) bond motifs is 3. The summed E-state index contributed by atoms with van der Waals surface area (Å²) in [5.74, 6) is 0.838. The number of imidazole rings is 1. The number of carbonyl (C=O) groups is 1. The molecule has 0 saturated heterocycles. The summed E-state index contributed by atoms with van der Waals surface area (Å²) in [6, 6.07) is 5.28. The Balaban J connectivity index is 2.04. The van der Waals surface area contributed by atoms with Gasteiger partial charge in [0.2, 0.25) is 9.84 Å². The molecule has 2 aromatic rings. The Morgan fingerprint density at radius 2 is 2.19 bits per heavy atom. The molecular formula is C13H15N3O4S. The molecule has 0 N–H and O–H groups in total. The number of carbonyl (C=O) groups excluding carboxylic acids is 1. The Kier molecular flexibility index (Phi) is 3.22. The van der Waals surface area contributed by atoms with Gasteiger partial charge in [0.1, 0.15) is 12.4 Å². The summed E-state index contributed by atoms with van der Waals surface area (Å²) in [5, 5.41) is -0.936. The molecule has 21 heavy (non-hydrogen) atoms. The van der Waals surface area contributed by atoms with Gasteiger partial charge in [-0.1, -0.05) is 0 Å². The number of rotatable bonds is 1. The number of sulfone groups is 1. The van der Waals surface area contributed by atoms with Crippen LogP contribution in [0.15, 0.2) is 18.2 Å². The number of benzene rings is 1. The molecule has 0 radical (unpaired) electrons. The van der Waals surface area contributed by atoms with E-state index >= 15 is 0 Å². The van der Waals surface area contributed by atoms with Gasteiger partial charge in [-0.25, -0.2) is 13.4 Å². The fourth-order valence-corrected chi connectivity index (χ4v) is 3.01. The average Bonchev–Trinajstić information content (AvgIpc) is 2.82. The van der Waals surface area contributed by atoms with Crippen LogP contribution in [-0.4, -0.2) is 43.1 Å². The lowest BCUT2D eigenvalue weighted by Crippen LogP contribution is -2.31. The van der Waals surface area contributed by atoms with Crippen molar-refractivity contribution in [1.82, 2.24) is 9.55 Å². The fraction of sp³-hybridized carbons (Fsp3) is 0.385. The van der Waals surface area contributed by atoms with Gasteiger partial charge in [-0.2, -0.15) is 0 Å². The van der Waals surface area contributed by atoms with Gasteiger partial charge >= 0.3 is 5.24 Å². The van der Waals surface area contributed by atoms with Crippen LogP contribution in [0, 0.1) is 0 Å². The van der Waals surface area contributed by atoms with Crippen molar-refractivity contribution >= 4 is 31.8 Å². The summed E-state index contributed by atoms with van der Waals surface area (Å²) < 4.78 is 30.1. The molecule has 3 rings (SSSR count). The number of nitrogens with zero attached hydrogens (tertiary/aromatic N) is 3. The molecule has 1 aliphatic rings. The zero-order valence-electron chi connectivity index (χ0n) is 11.7. The molecule has 1 aromatic carbocycles. The molecule has 1 aliphatic heterocycles. The highest BCUT2D eigenvalue weighted by atomic mass is 32.2. The number of anilines is 1. The highest BCUT2D eigenvalue weighted by Crippen LogP contribution is 2.25. The molecule has 112 valence electrons. The first-order chi connectivity index (χ1) is 9.88. The average molecular weight is 309 g/mol. The van der Waals surface area contributed by atoms with Gasteiger partial charge in [0.05, 0.1) is 17.6 Å². The summed E-state index contributed by atoms with van der Waals surface area (Å²) in [6.45, 7) is 1.85. The summed E-state index contributed by atoms with van der Waals surface area (Å²) in [6.07, 6.45) is 0.900. The van der Waals surface area contributed by atoms with Crippen LogP contribution in [0.2, 0.25) is 0 Å². The Hall–Kier alpha value is -1.93. The third-order valence-corrected chi connectivity index (χ3v) is 4.39. The van der Waals surface area contributed by atoms with Crippen LogP contribution in [0.5, 0.6) is 0 Å². The van der Waals surface area contributed by atoms with E-state index in [1.165, 1.54) is 7.05 Å². The molecule has 2 heterocycles. The molecule has 8 heteroatoms. The number of ether oxygens (including phenoxy) is 1. The van der Waals surface area contributed by atoms with Gasteiger partial charge in [0, 0.05) is 25.5 Å². The van der Waals surface area contributed by atoms with Crippen molar-refractivity contribution in [2.75, 3.05) is 24.8 Å². The van der Waals surface area contributed by atoms with Crippen LogP contribution in [-0.2, 0) is 27.7 Å². The van der Waals surface area contributed by atoms with Crippen molar-refractivity contribution in [3.05, 3.63) is 24.0 Å². The molecule has 7 nitrogen and oxygen atoms in total. The lowest BCUT2D eigenvalue weighted by molar-refractivity contribution is 0.0830. The van der Waals surface area contributed by atoms with Gasteiger partial charge in [-0.05, 0) is 18.2 Å². The Bertz CT molecular complexity index is 825. The number of hydrogen-bond acceptors (Lipinski definition) is 5. The quantitative estimate of drug-likeness (QED) is 0.790. The molecule has 0 atom stereocenters. The smallest absolute Gasteiger partial charge is 0.342 e. The van der Waals surface area contributed by atoms with Crippen LogP contribution >= 0.6 is 0 Å². The molecule has 0 fully saturated rings. The number of aromatic nitrogens is 2. The second-order valence-corrected chi connectivity index (χ2v) is 6.90. The Morgan fingerprint density at radius 3 is 2.90 bits per heavy atom. The summed E-state index contributed by atoms with van der Waals surface area (Å²) >= 11 is 0. The SMILES string of the molecule is CN(C(=O)S(C)(=O)=O)c1ccc2c(c1)nc1n2CCOC1. The van der Waals surface area contributed by atoms with E-state index in [4.69, 9.17) is 4.74 Å². The maximum Gasteiger partial charge on any atom is 0.342 e. The third kappa shape index (κ3) is 2.40. The predicted octanol–water partition coefficient (Wildman–Crippen LogP) is 1.17. The van der Waals surface area contributed by atoms with Gasteiger partial charge in [0.15, 0.2) is 0 Å². The van der Waals surface area contributed by atoms with E-state index in [-0.39, 0.29) is 0 Å². The number of hydrogen-bond donors (Lipinski definition) is 0. The van der Waals surface area contributed by atoms with Gasteiger partial charge in [-0.15, -0.1) is 0 Å². The van der Waals surface area contributed by atoms with Crippen molar-refractivity contribution in [3.63, 3.8) is 0 Å². The predicted molar refractivity (Wildman–Crippen MR) is 78.0 cm³/mol. The van der Waals surface area contributed by atoms with E-state index in [2.05, 4.69) is 9.55 Å². The molecule has 0 spiro atoms. The van der Waals surface area contributed by atoms with Crippen molar-refractivity contribution in [3.8, 4) is 0 Å². The lowest BCUT2D eigenvalue weighted by Gasteiger charge is -2.16. The highest BCUT2D eigenvalue weighted by molar-refractivity contribution is 8.05. The first-order valence-corrected chi connectivity index (χ1v) is 8.32. The van der Waals surface area contributed by atoms with E-state index < -0.39 is 15.1 Å². The van der Waals surface area contributed by atoms with Gasteiger partial charge in [-0.3, -0.25) is 4.79 Å². The molecule has 0 aliphatic carbocycles. The molecular weight excluding hydrogens is 294 g/mol. The minimum absolute atomic E-state index is 0.460. The fourth-order valence-electron chi connectivity index (χ4n) is 2.41. The maximum absolute atomic E-state index is 11.8. The summed E-state index contributed by atoms with van der Waals surface area (Å²) in [7, 11) is -2.33. The van der Waals surface area contributed by atoms with Crippen molar-refractivity contribution in [2.45, 2.75) is 13.2 Å². The van der Waals surface area contributed by atoms with E-state index in [0.29, 0.717) is 18.9 Å². The van der Waals surface area contributed by atoms with E-state index in [0.717, 1.165) is 34.6 Å². The second kappa shape index (κ2) is 4.81. The van der Waals surface area contributed by atoms with E-state index in [1.54, 1.807) is 12.1 Å². The summed E-state index contributed by atoms with van der Waals surface area (Å²) in [5.41, 5.74) is 2.17. The molecule has 1 aromatic heterocycles. The molecule has 0 unspecified atom stereocenters. The van der Waals surface area contributed by atoms with E-state index in [1.807, 2.05) is 6.07 Å². The zero-order chi connectivity index (χ0) is 15.2. The lowest BCUT2D eigenvalue weighted by atomic mass is 10.2. The first-order valence-electron chi connectivity index (χ1n) is 6.42. The first kappa shape index (κ1) is 14.0. The van der Waals surface area contributed by atoms with Crippen molar-refractivity contribution < 1.29 is 17.9 Å². The zero-order valence-corrected chi connectivity index (χ0v) is 12.6. The third-order valence-electron chi connectivity index (χ3n) is 3.48. The topological polar surface area (TPSA) is 81.5 Å². The minimum Gasteiger partial charge on any atom is -0.372 e.